The third kappa shape index (κ3) is 15.4. The zero-order chi connectivity index (χ0) is 15.0. The molecule has 0 saturated heterocycles. The molecule has 0 aliphatic carbocycles. The van der Waals surface area contributed by atoms with E-state index in [1.807, 2.05) is 20.8 Å². The first kappa shape index (κ1) is 21.7. The number of alkyl halides is 2. The molecule has 0 heterocycles. The second-order valence-electron chi connectivity index (χ2n) is 5.92. The van der Waals surface area contributed by atoms with Crippen LogP contribution in [0.4, 0.5) is 0 Å². The standard InChI is InChI=1S/C7H16O3S.C5H10I2/c1-5-7(2,3)6-10-11(4,8)9;1-5(2,3-6)4-7/h5-6H2,1-4H3;3-4H2,1-2H3. The van der Waals surface area contributed by atoms with E-state index in [2.05, 4.69) is 63.2 Å². The molecule has 0 aromatic rings. The molecule has 6 heteroatoms. The van der Waals surface area contributed by atoms with Crippen molar-refractivity contribution in [3.63, 3.8) is 0 Å². The van der Waals surface area contributed by atoms with Gasteiger partial charge in [-0.3, -0.25) is 4.18 Å². The van der Waals surface area contributed by atoms with Crippen LogP contribution in [0.1, 0.15) is 41.0 Å². The van der Waals surface area contributed by atoms with E-state index in [0.717, 1.165) is 12.7 Å². The summed E-state index contributed by atoms with van der Waals surface area (Å²) in [6, 6.07) is 0. The van der Waals surface area contributed by atoms with Gasteiger partial charge in [0.05, 0.1) is 12.9 Å². The van der Waals surface area contributed by atoms with E-state index >= 15 is 0 Å². The first-order valence-corrected chi connectivity index (χ1v) is 10.7. The average molecular weight is 504 g/mol. The molecule has 0 saturated carbocycles. The Bertz CT molecular complexity index is 305. The number of hydrogen-bond donors (Lipinski definition) is 0. The highest BCUT2D eigenvalue weighted by Gasteiger charge is 2.17. The lowest BCUT2D eigenvalue weighted by Gasteiger charge is -2.20. The van der Waals surface area contributed by atoms with Crippen molar-refractivity contribution in [1.82, 2.24) is 0 Å². The first-order valence-electron chi connectivity index (χ1n) is 5.85. The largest absolute Gasteiger partial charge is 0.270 e. The van der Waals surface area contributed by atoms with Gasteiger partial charge in [-0.1, -0.05) is 79.8 Å². The Kier molecular flexibility index (Phi) is 11.2. The highest BCUT2D eigenvalue weighted by Crippen LogP contribution is 2.21. The Labute approximate surface area is 140 Å². The average Bonchev–Trinajstić information content (AvgIpc) is 2.27. The molecule has 0 fully saturated rings. The summed E-state index contributed by atoms with van der Waals surface area (Å²) in [7, 11) is -3.27. The van der Waals surface area contributed by atoms with Crippen LogP contribution in [-0.4, -0.2) is 30.1 Å². The van der Waals surface area contributed by atoms with Gasteiger partial charge in [0.2, 0.25) is 0 Å². The highest BCUT2D eigenvalue weighted by molar-refractivity contribution is 14.1. The maximum atomic E-state index is 10.6. The summed E-state index contributed by atoms with van der Waals surface area (Å²) in [5.74, 6) is 0. The van der Waals surface area contributed by atoms with E-state index in [1.165, 1.54) is 8.86 Å². The van der Waals surface area contributed by atoms with Crippen LogP contribution in [0.15, 0.2) is 0 Å². The van der Waals surface area contributed by atoms with Crippen molar-refractivity contribution in [2.24, 2.45) is 10.8 Å². The summed E-state index contributed by atoms with van der Waals surface area (Å²) in [6.45, 7) is 10.8. The van der Waals surface area contributed by atoms with Gasteiger partial charge >= 0.3 is 0 Å². The Morgan fingerprint density at radius 3 is 1.56 bits per heavy atom. The van der Waals surface area contributed by atoms with Gasteiger partial charge in [0.25, 0.3) is 10.1 Å². The lowest BCUT2D eigenvalue weighted by Crippen LogP contribution is -2.20. The minimum atomic E-state index is -3.27. The minimum absolute atomic E-state index is 0.0525. The molecule has 0 radical (unpaired) electrons. The van der Waals surface area contributed by atoms with Crippen molar-refractivity contribution < 1.29 is 12.6 Å². The van der Waals surface area contributed by atoms with Crippen molar-refractivity contribution in [2.75, 3.05) is 21.7 Å². The van der Waals surface area contributed by atoms with Crippen LogP contribution in [0.3, 0.4) is 0 Å². The zero-order valence-electron chi connectivity index (χ0n) is 12.2. The summed E-state index contributed by atoms with van der Waals surface area (Å²) in [5.41, 5.74) is 0.504. The van der Waals surface area contributed by atoms with E-state index in [1.54, 1.807) is 0 Å². The highest BCUT2D eigenvalue weighted by atomic mass is 127. The molecule has 0 spiro atoms. The van der Waals surface area contributed by atoms with Crippen LogP contribution in [-0.2, 0) is 14.3 Å². The summed E-state index contributed by atoms with van der Waals surface area (Å²) < 4.78 is 28.3. The Balaban J connectivity index is 0. The quantitative estimate of drug-likeness (QED) is 0.308. The molecular formula is C12H26I2O3S. The van der Waals surface area contributed by atoms with Crippen LogP contribution in [0.25, 0.3) is 0 Å². The minimum Gasteiger partial charge on any atom is -0.270 e. The number of hydrogen-bond acceptors (Lipinski definition) is 3. The molecule has 0 aliphatic heterocycles. The van der Waals surface area contributed by atoms with Gasteiger partial charge in [-0.25, -0.2) is 0 Å². The van der Waals surface area contributed by atoms with Gasteiger partial charge in [-0.15, -0.1) is 0 Å². The molecular weight excluding hydrogens is 478 g/mol. The summed E-state index contributed by atoms with van der Waals surface area (Å²) in [5, 5.41) is 0. The molecule has 0 aliphatic rings. The predicted octanol–water partition coefficient (Wildman–Crippen LogP) is 4.28. The molecule has 0 N–H and O–H groups in total. The van der Waals surface area contributed by atoms with Gasteiger partial charge in [0.1, 0.15) is 0 Å². The van der Waals surface area contributed by atoms with Crippen LogP contribution in [0, 0.1) is 10.8 Å². The summed E-state index contributed by atoms with van der Waals surface area (Å²) in [6.07, 6.45) is 1.97. The number of rotatable bonds is 6. The maximum absolute atomic E-state index is 10.6. The Morgan fingerprint density at radius 1 is 1.00 bits per heavy atom. The third-order valence-corrected chi connectivity index (χ3v) is 7.02. The molecule has 0 atom stereocenters. The second-order valence-corrected chi connectivity index (χ2v) is 9.09. The fourth-order valence-corrected chi connectivity index (χ4v) is 2.51. The van der Waals surface area contributed by atoms with Crippen LogP contribution >= 0.6 is 45.2 Å². The molecule has 0 aromatic heterocycles. The van der Waals surface area contributed by atoms with Gasteiger partial charge in [0.15, 0.2) is 0 Å². The smallest absolute Gasteiger partial charge is 0.264 e. The lowest BCUT2D eigenvalue weighted by molar-refractivity contribution is 0.182. The van der Waals surface area contributed by atoms with Gasteiger partial charge in [-0.2, -0.15) is 8.42 Å². The monoisotopic (exact) mass is 504 g/mol. The van der Waals surface area contributed by atoms with Gasteiger partial charge in [-0.05, 0) is 17.3 Å². The van der Waals surface area contributed by atoms with E-state index in [9.17, 15) is 8.42 Å². The molecule has 0 aromatic carbocycles. The van der Waals surface area contributed by atoms with Crippen molar-refractivity contribution >= 4 is 55.3 Å². The van der Waals surface area contributed by atoms with Gasteiger partial charge < -0.3 is 0 Å². The summed E-state index contributed by atoms with van der Waals surface area (Å²) >= 11 is 4.85. The normalized spacial score (nSPS) is 12.9. The molecule has 0 unspecified atom stereocenters. The molecule has 0 amide bonds. The topological polar surface area (TPSA) is 43.4 Å². The summed E-state index contributed by atoms with van der Waals surface area (Å²) in [4.78, 5) is 0. The lowest BCUT2D eigenvalue weighted by atomic mass is 9.92. The van der Waals surface area contributed by atoms with E-state index < -0.39 is 10.1 Å². The van der Waals surface area contributed by atoms with Crippen LogP contribution < -0.4 is 0 Å². The fraction of sp³-hybridized carbons (Fsp3) is 1.00. The van der Waals surface area contributed by atoms with Crippen molar-refractivity contribution in [3.8, 4) is 0 Å². The molecule has 3 nitrogen and oxygen atoms in total. The SMILES string of the molecule is CC(C)(CI)CI.CCC(C)(C)COS(C)(=O)=O. The van der Waals surface area contributed by atoms with Gasteiger partial charge in [0, 0.05) is 8.86 Å². The molecule has 0 bridgehead atoms. The van der Waals surface area contributed by atoms with E-state index in [0.29, 0.717) is 5.41 Å². The van der Waals surface area contributed by atoms with E-state index in [-0.39, 0.29) is 12.0 Å². The number of halogens is 2. The second kappa shape index (κ2) is 9.33. The first-order chi connectivity index (χ1) is 7.89. The van der Waals surface area contributed by atoms with Crippen LogP contribution in [0.2, 0.25) is 0 Å². The van der Waals surface area contributed by atoms with Crippen molar-refractivity contribution in [3.05, 3.63) is 0 Å². The maximum Gasteiger partial charge on any atom is 0.264 e. The Morgan fingerprint density at radius 2 is 1.39 bits per heavy atom. The predicted molar refractivity (Wildman–Crippen MR) is 96.4 cm³/mol. The van der Waals surface area contributed by atoms with Crippen LogP contribution in [0.5, 0.6) is 0 Å². The Hall–Kier alpha value is 1.37. The third-order valence-electron chi connectivity index (χ3n) is 2.34. The van der Waals surface area contributed by atoms with Crippen molar-refractivity contribution in [2.45, 2.75) is 41.0 Å². The van der Waals surface area contributed by atoms with E-state index in [4.69, 9.17) is 0 Å². The molecule has 112 valence electrons. The van der Waals surface area contributed by atoms with Crippen molar-refractivity contribution in [1.29, 1.82) is 0 Å². The zero-order valence-corrected chi connectivity index (χ0v) is 17.3. The fourth-order valence-electron chi connectivity index (χ4n) is 0.404. The molecule has 18 heavy (non-hydrogen) atoms. The molecule has 0 rings (SSSR count).